The van der Waals surface area contributed by atoms with E-state index >= 15 is 0 Å². The zero-order valence-corrected chi connectivity index (χ0v) is 16.1. The highest BCUT2D eigenvalue weighted by Gasteiger charge is 2.33. The van der Waals surface area contributed by atoms with Gasteiger partial charge in [-0.1, -0.05) is 49.1 Å². The molecule has 0 fully saturated rings. The van der Waals surface area contributed by atoms with Gasteiger partial charge in [0.1, 0.15) is 0 Å². The summed E-state index contributed by atoms with van der Waals surface area (Å²) in [5, 5.41) is 13.1. The number of hydrogen-bond donors (Lipinski definition) is 2. The Kier molecular flexibility index (Phi) is 6.87. The van der Waals surface area contributed by atoms with Crippen molar-refractivity contribution in [2.75, 3.05) is 11.9 Å². The molecule has 0 bridgehead atoms. The molecule has 0 radical (unpaired) electrons. The number of nitrogens with one attached hydrogen (secondary N) is 2. The Morgan fingerprint density at radius 3 is 2.58 bits per heavy atom. The molecule has 5 nitrogen and oxygen atoms in total. The van der Waals surface area contributed by atoms with E-state index in [2.05, 4.69) is 20.8 Å². The fourth-order valence-corrected chi connectivity index (χ4v) is 3.85. The van der Waals surface area contributed by atoms with E-state index in [-0.39, 0.29) is 22.0 Å². The number of alkyl halides is 3. The van der Waals surface area contributed by atoms with Crippen LogP contribution in [0.2, 0.25) is 0 Å². The van der Waals surface area contributed by atoms with Crippen LogP contribution < -0.4 is 10.6 Å². The van der Waals surface area contributed by atoms with Crippen molar-refractivity contribution < 1.29 is 18.0 Å². The van der Waals surface area contributed by atoms with Crippen LogP contribution in [0.25, 0.3) is 0 Å². The lowest BCUT2D eigenvalue weighted by Gasteiger charge is -2.12. The van der Waals surface area contributed by atoms with Crippen LogP contribution in [0.4, 0.5) is 24.0 Å². The van der Waals surface area contributed by atoms with Gasteiger partial charge in [-0.3, -0.25) is 4.79 Å². The molecule has 1 aromatic heterocycles. The summed E-state index contributed by atoms with van der Waals surface area (Å²) in [7, 11) is 0. The van der Waals surface area contributed by atoms with E-state index in [9.17, 15) is 18.0 Å². The Morgan fingerprint density at radius 2 is 1.92 bits per heavy atom. The molecule has 2 aromatic rings. The zero-order chi connectivity index (χ0) is 19.3. The normalized spacial score (nSPS) is 12.9. The van der Waals surface area contributed by atoms with Crippen molar-refractivity contribution >= 4 is 39.8 Å². The lowest BCUT2D eigenvalue weighted by molar-refractivity contribution is -0.137. The largest absolute Gasteiger partial charge is 0.418 e. The van der Waals surface area contributed by atoms with Crippen molar-refractivity contribution in [2.24, 2.45) is 5.92 Å². The molecule has 0 saturated carbocycles. The minimum absolute atomic E-state index is 0.0876. The molecule has 1 aromatic carbocycles. The number of amides is 1. The standard InChI is InChI=1S/C16H19F3N4OS2/c1-9(2)8-20-13(24)10(3)25-15-23-22-14(26-15)21-12-7-5-4-6-11(12)16(17,18)19/h4-7,9-10H,8H2,1-3H3,(H,20,24)(H,21,22)/t10-/m0/s1. The molecular weight excluding hydrogens is 385 g/mol. The summed E-state index contributed by atoms with van der Waals surface area (Å²) in [6.45, 7) is 6.33. The van der Waals surface area contributed by atoms with Crippen LogP contribution in [0.1, 0.15) is 26.3 Å². The van der Waals surface area contributed by atoms with Crippen molar-refractivity contribution in [1.82, 2.24) is 15.5 Å². The first-order valence-electron chi connectivity index (χ1n) is 7.88. The van der Waals surface area contributed by atoms with Crippen molar-refractivity contribution in [3.05, 3.63) is 29.8 Å². The molecule has 2 rings (SSSR count). The third-order valence-electron chi connectivity index (χ3n) is 3.21. The molecule has 26 heavy (non-hydrogen) atoms. The number of halogens is 3. The number of nitrogens with zero attached hydrogens (tertiary/aromatic N) is 2. The van der Waals surface area contributed by atoms with E-state index in [1.54, 1.807) is 6.92 Å². The highest BCUT2D eigenvalue weighted by atomic mass is 32.2. The maximum Gasteiger partial charge on any atom is 0.418 e. The summed E-state index contributed by atoms with van der Waals surface area (Å²) in [4.78, 5) is 12.0. The van der Waals surface area contributed by atoms with Crippen molar-refractivity contribution in [1.29, 1.82) is 0 Å². The van der Waals surface area contributed by atoms with Gasteiger partial charge in [0.25, 0.3) is 0 Å². The molecule has 0 aliphatic rings. The number of thioether (sulfide) groups is 1. The number of benzene rings is 1. The first-order chi connectivity index (χ1) is 12.2. The third kappa shape index (κ3) is 5.87. The molecule has 0 saturated heterocycles. The molecular formula is C16H19F3N4OS2. The second-order valence-corrected chi connectivity index (χ2v) is 8.51. The average molecular weight is 404 g/mol. The second-order valence-electron chi connectivity index (χ2n) is 5.94. The summed E-state index contributed by atoms with van der Waals surface area (Å²) >= 11 is 2.31. The Labute approximate surface area is 157 Å². The topological polar surface area (TPSA) is 66.9 Å². The lowest BCUT2D eigenvalue weighted by atomic mass is 10.2. The number of anilines is 2. The van der Waals surface area contributed by atoms with Gasteiger partial charge in [-0.25, -0.2) is 0 Å². The van der Waals surface area contributed by atoms with Crippen LogP contribution in [0.5, 0.6) is 0 Å². The lowest BCUT2D eigenvalue weighted by Crippen LogP contribution is -2.33. The van der Waals surface area contributed by atoms with Gasteiger partial charge in [-0.2, -0.15) is 13.2 Å². The molecule has 142 valence electrons. The van der Waals surface area contributed by atoms with Crippen molar-refractivity contribution in [2.45, 2.75) is 36.5 Å². The first-order valence-corrected chi connectivity index (χ1v) is 9.57. The minimum Gasteiger partial charge on any atom is -0.355 e. The number of rotatable bonds is 7. The predicted molar refractivity (Wildman–Crippen MR) is 97.8 cm³/mol. The van der Waals surface area contributed by atoms with E-state index < -0.39 is 11.7 Å². The van der Waals surface area contributed by atoms with Crippen LogP contribution in [-0.4, -0.2) is 27.9 Å². The summed E-state index contributed by atoms with van der Waals surface area (Å²) in [6.07, 6.45) is -4.46. The summed E-state index contributed by atoms with van der Waals surface area (Å²) in [5.74, 6) is 0.234. The molecule has 1 amide bonds. The first kappa shape index (κ1) is 20.5. The van der Waals surface area contributed by atoms with Gasteiger partial charge in [0, 0.05) is 6.54 Å². The van der Waals surface area contributed by atoms with Crippen molar-refractivity contribution in [3.63, 3.8) is 0 Å². The number of para-hydroxylation sites is 1. The predicted octanol–water partition coefficient (Wildman–Crippen LogP) is 4.55. The Balaban J connectivity index is 2.02. The van der Waals surface area contributed by atoms with Gasteiger partial charge >= 0.3 is 6.18 Å². The van der Waals surface area contributed by atoms with E-state index in [4.69, 9.17) is 0 Å². The Morgan fingerprint density at radius 1 is 1.23 bits per heavy atom. The van der Waals surface area contributed by atoms with Gasteiger partial charge in [0.2, 0.25) is 11.0 Å². The molecule has 10 heteroatoms. The molecule has 1 heterocycles. The highest BCUT2D eigenvalue weighted by molar-refractivity contribution is 8.02. The summed E-state index contributed by atoms with van der Waals surface area (Å²) in [6, 6.07) is 5.17. The Hall–Kier alpha value is -1.81. The van der Waals surface area contributed by atoms with E-state index in [1.807, 2.05) is 13.8 Å². The molecule has 1 atom stereocenters. The van der Waals surface area contributed by atoms with Gasteiger partial charge in [-0.15, -0.1) is 10.2 Å². The van der Waals surface area contributed by atoms with Gasteiger partial charge in [-0.05, 0) is 25.0 Å². The quantitative estimate of drug-likeness (QED) is 0.663. The molecule has 0 spiro atoms. The van der Waals surface area contributed by atoms with E-state index in [1.165, 1.54) is 30.0 Å². The number of carbonyl (C=O) groups is 1. The van der Waals surface area contributed by atoms with Gasteiger partial charge in [0.15, 0.2) is 4.34 Å². The fourth-order valence-electron chi connectivity index (χ4n) is 1.92. The molecule has 0 unspecified atom stereocenters. The molecule has 2 N–H and O–H groups in total. The summed E-state index contributed by atoms with van der Waals surface area (Å²) in [5.41, 5.74) is -0.860. The van der Waals surface area contributed by atoms with E-state index in [0.29, 0.717) is 16.8 Å². The van der Waals surface area contributed by atoms with E-state index in [0.717, 1.165) is 17.4 Å². The highest BCUT2D eigenvalue weighted by Crippen LogP contribution is 2.37. The molecule has 0 aliphatic heterocycles. The minimum atomic E-state index is -4.46. The maximum absolute atomic E-state index is 13.0. The SMILES string of the molecule is CC(C)CNC(=O)[C@H](C)Sc1nnc(Nc2ccccc2C(F)(F)F)s1. The summed E-state index contributed by atoms with van der Waals surface area (Å²) < 4.78 is 39.6. The van der Waals surface area contributed by atoms with Crippen LogP contribution in [0.3, 0.4) is 0 Å². The van der Waals surface area contributed by atoms with Crippen LogP contribution >= 0.6 is 23.1 Å². The third-order valence-corrected chi connectivity index (χ3v) is 5.23. The Bertz CT molecular complexity index is 749. The average Bonchev–Trinajstić information content (AvgIpc) is 2.99. The fraction of sp³-hybridized carbons (Fsp3) is 0.438. The number of aromatic nitrogens is 2. The maximum atomic E-state index is 13.0. The second kappa shape index (κ2) is 8.72. The van der Waals surface area contributed by atoms with Gasteiger partial charge in [0.05, 0.1) is 16.5 Å². The number of carbonyl (C=O) groups excluding carboxylic acids is 1. The smallest absolute Gasteiger partial charge is 0.355 e. The zero-order valence-electron chi connectivity index (χ0n) is 14.4. The van der Waals surface area contributed by atoms with Crippen molar-refractivity contribution in [3.8, 4) is 0 Å². The monoisotopic (exact) mass is 404 g/mol. The van der Waals surface area contributed by atoms with Gasteiger partial charge < -0.3 is 10.6 Å². The van der Waals surface area contributed by atoms with Crippen LogP contribution in [-0.2, 0) is 11.0 Å². The molecule has 0 aliphatic carbocycles. The van der Waals surface area contributed by atoms with Crippen LogP contribution in [0.15, 0.2) is 28.6 Å². The van der Waals surface area contributed by atoms with Crippen LogP contribution in [0, 0.1) is 5.92 Å². The number of hydrogen-bond acceptors (Lipinski definition) is 6.